The van der Waals surface area contributed by atoms with Crippen LogP contribution in [0.2, 0.25) is 5.02 Å². The van der Waals surface area contributed by atoms with E-state index in [-0.39, 0.29) is 29.9 Å². The molecule has 0 aromatic heterocycles. The van der Waals surface area contributed by atoms with Gasteiger partial charge in [-0.25, -0.2) is 0 Å². The Labute approximate surface area is 167 Å². The molecular weight excluding hydrogens is 439 g/mol. The first kappa shape index (κ1) is 23.0. The van der Waals surface area contributed by atoms with Crippen LogP contribution in [0, 0.1) is 5.41 Å². The number of nitrogens with zero attached hydrogens (tertiary/aromatic N) is 1. The smallest absolute Gasteiger partial charge is 0.227 e. The molecule has 24 heavy (non-hydrogen) atoms. The van der Waals surface area contributed by atoms with Crippen molar-refractivity contribution in [1.29, 1.82) is 0 Å². The number of nitrogens with one attached hydrogen (secondary N) is 3. The molecule has 1 amide bonds. The number of halogens is 2. The second kappa shape index (κ2) is 11.5. The molecule has 0 bridgehead atoms. The minimum atomic E-state index is -0.534. The van der Waals surface area contributed by atoms with E-state index in [1.165, 1.54) is 5.56 Å². The minimum Gasteiger partial charge on any atom is -0.359 e. The van der Waals surface area contributed by atoms with Gasteiger partial charge in [-0.3, -0.25) is 9.79 Å². The van der Waals surface area contributed by atoms with Crippen molar-refractivity contribution in [2.75, 3.05) is 26.7 Å². The number of amides is 1. The summed E-state index contributed by atoms with van der Waals surface area (Å²) in [6.45, 7) is 7.73. The molecule has 0 saturated heterocycles. The molecule has 5 nitrogen and oxygen atoms in total. The Hall–Kier alpha value is -1.02. The maximum Gasteiger partial charge on any atom is 0.227 e. The topological polar surface area (TPSA) is 65.5 Å². The standard InChI is InChI=1S/C17H27ClN4O.HI/c1-5-20-16(22-12-17(2,3)15(23)19-4)21-11-10-13-6-8-14(18)9-7-13;/h6-9H,5,10-12H2,1-4H3,(H,19,23)(H2,20,21,22);1H. The molecule has 3 N–H and O–H groups in total. The number of hydrogen-bond acceptors (Lipinski definition) is 2. The largest absolute Gasteiger partial charge is 0.359 e. The van der Waals surface area contributed by atoms with Gasteiger partial charge >= 0.3 is 0 Å². The van der Waals surface area contributed by atoms with Crippen molar-refractivity contribution in [2.45, 2.75) is 27.2 Å². The molecule has 0 heterocycles. The summed E-state index contributed by atoms with van der Waals surface area (Å²) in [5.74, 6) is 0.705. The third-order valence-corrected chi connectivity index (χ3v) is 3.69. The summed E-state index contributed by atoms with van der Waals surface area (Å²) in [6, 6.07) is 7.82. The maximum atomic E-state index is 11.8. The Kier molecular flexibility index (Phi) is 11.0. The molecule has 136 valence electrons. The maximum absolute atomic E-state index is 11.8. The van der Waals surface area contributed by atoms with Crippen LogP contribution in [0.15, 0.2) is 29.3 Å². The number of carbonyl (C=O) groups is 1. The summed E-state index contributed by atoms with van der Waals surface area (Å²) < 4.78 is 0. The summed E-state index contributed by atoms with van der Waals surface area (Å²) in [4.78, 5) is 16.3. The zero-order valence-electron chi connectivity index (χ0n) is 14.8. The lowest BCUT2D eigenvalue weighted by molar-refractivity contribution is -0.128. The molecular formula is C17H28ClIN4O. The van der Waals surface area contributed by atoms with Crippen LogP contribution >= 0.6 is 35.6 Å². The van der Waals surface area contributed by atoms with Crippen LogP contribution < -0.4 is 16.0 Å². The highest BCUT2D eigenvalue weighted by molar-refractivity contribution is 14.0. The lowest BCUT2D eigenvalue weighted by atomic mass is 9.93. The average Bonchev–Trinajstić information content (AvgIpc) is 2.53. The monoisotopic (exact) mass is 466 g/mol. The fraction of sp³-hybridized carbons (Fsp3) is 0.529. The van der Waals surface area contributed by atoms with Gasteiger partial charge in [0.05, 0.1) is 12.0 Å². The molecule has 0 aliphatic carbocycles. The van der Waals surface area contributed by atoms with E-state index in [0.29, 0.717) is 6.54 Å². The molecule has 0 aliphatic rings. The van der Waals surface area contributed by atoms with Gasteiger partial charge in [-0.2, -0.15) is 0 Å². The summed E-state index contributed by atoms with van der Waals surface area (Å²) >= 11 is 5.88. The molecule has 1 rings (SSSR count). The predicted molar refractivity (Wildman–Crippen MR) is 112 cm³/mol. The van der Waals surface area contributed by atoms with E-state index in [1.807, 2.05) is 45.0 Å². The van der Waals surface area contributed by atoms with E-state index in [1.54, 1.807) is 7.05 Å². The normalized spacial score (nSPS) is 11.5. The summed E-state index contributed by atoms with van der Waals surface area (Å²) in [7, 11) is 1.64. The first-order valence-corrected chi connectivity index (χ1v) is 8.25. The first-order valence-electron chi connectivity index (χ1n) is 7.88. The van der Waals surface area contributed by atoms with Crippen LogP contribution in [0.25, 0.3) is 0 Å². The van der Waals surface area contributed by atoms with Crippen molar-refractivity contribution in [3.63, 3.8) is 0 Å². The molecule has 1 aromatic rings. The van der Waals surface area contributed by atoms with E-state index in [9.17, 15) is 4.79 Å². The Morgan fingerprint density at radius 3 is 2.38 bits per heavy atom. The van der Waals surface area contributed by atoms with E-state index < -0.39 is 5.41 Å². The van der Waals surface area contributed by atoms with E-state index in [4.69, 9.17) is 11.6 Å². The molecule has 7 heteroatoms. The molecule has 0 spiro atoms. The van der Waals surface area contributed by atoms with E-state index in [0.717, 1.165) is 30.5 Å². The lowest BCUT2D eigenvalue weighted by Gasteiger charge is -2.21. The van der Waals surface area contributed by atoms with Crippen molar-refractivity contribution in [3.05, 3.63) is 34.9 Å². The van der Waals surface area contributed by atoms with Crippen LogP contribution in [0.5, 0.6) is 0 Å². The Bertz CT molecular complexity index is 532. The van der Waals surface area contributed by atoms with E-state index >= 15 is 0 Å². The van der Waals surface area contributed by atoms with Crippen LogP contribution in [0.3, 0.4) is 0 Å². The molecule has 0 aliphatic heterocycles. The highest BCUT2D eigenvalue weighted by Crippen LogP contribution is 2.15. The second-order valence-corrected chi connectivity index (χ2v) is 6.40. The van der Waals surface area contributed by atoms with Crippen LogP contribution in [0.1, 0.15) is 26.3 Å². The number of hydrogen-bond donors (Lipinski definition) is 3. The van der Waals surface area contributed by atoms with Gasteiger partial charge in [0.15, 0.2) is 5.96 Å². The number of aliphatic imine (C=N–C) groups is 1. The zero-order valence-corrected chi connectivity index (χ0v) is 17.9. The van der Waals surface area contributed by atoms with Crippen LogP contribution in [-0.4, -0.2) is 38.5 Å². The van der Waals surface area contributed by atoms with Crippen LogP contribution in [-0.2, 0) is 11.2 Å². The third kappa shape index (κ3) is 8.19. The quantitative estimate of drug-likeness (QED) is 0.329. The SMILES string of the molecule is CCNC(=NCC(C)(C)C(=O)NC)NCCc1ccc(Cl)cc1.I. The van der Waals surface area contributed by atoms with Crippen molar-refractivity contribution < 1.29 is 4.79 Å². The highest BCUT2D eigenvalue weighted by Gasteiger charge is 2.26. The van der Waals surface area contributed by atoms with Gasteiger partial charge in [0, 0.05) is 25.2 Å². The third-order valence-electron chi connectivity index (χ3n) is 3.44. The lowest BCUT2D eigenvalue weighted by Crippen LogP contribution is -2.41. The Balaban J connectivity index is 0.00000529. The summed E-state index contributed by atoms with van der Waals surface area (Å²) in [5.41, 5.74) is 0.677. The van der Waals surface area contributed by atoms with Gasteiger partial charge in [-0.15, -0.1) is 24.0 Å². The van der Waals surface area contributed by atoms with Crippen molar-refractivity contribution >= 4 is 47.4 Å². The highest BCUT2D eigenvalue weighted by atomic mass is 127. The van der Waals surface area contributed by atoms with E-state index in [2.05, 4.69) is 20.9 Å². The molecule has 0 saturated carbocycles. The fourth-order valence-corrected chi connectivity index (χ4v) is 2.13. The van der Waals surface area contributed by atoms with Gasteiger partial charge in [-0.1, -0.05) is 23.7 Å². The van der Waals surface area contributed by atoms with Gasteiger partial charge in [-0.05, 0) is 44.9 Å². The van der Waals surface area contributed by atoms with Gasteiger partial charge in [0.2, 0.25) is 5.91 Å². The number of guanidine groups is 1. The number of benzene rings is 1. The zero-order chi connectivity index (χ0) is 17.3. The molecule has 0 unspecified atom stereocenters. The van der Waals surface area contributed by atoms with Crippen molar-refractivity contribution in [2.24, 2.45) is 10.4 Å². The van der Waals surface area contributed by atoms with Gasteiger partial charge in [0.1, 0.15) is 0 Å². The first-order chi connectivity index (χ1) is 10.9. The minimum absolute atomic E-state index is 0. The Morgan fingerprint density at radius 1 is 1.21 bits per heavy atom. The molecule has 0 radical (unpaired) electrons. The summed E-state index contributed by atoms with van der Waals surface area (Å²) in [6.07, 6.45) is 0.875. The molecule has 1 aromatic carbocycles. The molecule has 0 atom stereocenters. The number of rotatable bonds is 7. The van der Waals surface area contributed by atoms with Gasteiger partial charge < -0.3 is 16.0 Å². The average molecular weight is 467 g/mol. The Morgan fingerprint density at radius 2 is 1.83 bits per heavy atom. The second-order valence-electron chi connectivity index (χ2n) is 5.96. The van der Waals surface area contributed by atoms with Crippen molar-refractivity contribution in [3.8, 4) is 0 Å². The predicted octanol–water partition coefficient (Wildman–Crippen LogP) is 2.83. The fourth-order valence-electron chi connectivity index (χ4n) is 2.00. The van der Waals surface area contributed by atoms with Gasteiger partial charge in [0.25, 0.3) is 0 Å². The van der Waals surface area contributed by atoms with Crippen LogP contribution in [0.4, 0.5) is 0 Å². The number of carbonyl (C=O) groups excluding carboxylic acids is 1. The summed E-state index contributed by atoms with van der Waals surface area (Å²) in [5, 5.41) is 9.90. The molecule has 0 fully saturated rings. The van der Waals surface area contributed by atoms with Crippen molar-refractivity contribution in [1.82, 2.24) is 16.0 Å².